The third-order valence-corrected chi connectivity index (χ3v) is 6.01. The van der Waals surface area contributed by atoms with Gasteiger partial charge in [0.2, 0.25) is 5.88 Å². The molecule has 0 unspecified atom stereocenters. The van der Waals surface area contributed by atoms with Gasteiger partial charge in [-0.1, -0.05) is 39.0 Å². The third-order valence-electron chi connectivity index (χ3n) is 6.01. The van der Waals surface area contributed by atoms with Crippen LogP contribution in [-0.4, -0.2) is 30.0 Å². The van der Waals surface area contributed by atoms with Crippen LogP contribution in [0, 0.1) is 13.8 Å². The zero-order valence-electron chi connectivity index (χ0n) is 22.1. The van der Waals surface area contributed by atoms with E-state index in [1.807, 2.05) is 62.4 Å². The zero-order chi connectivity index (χ0) is 26.9. The summed E-state index contributed by atoms with van der Waals surface area (Å²) in [5.74, 6) is 2.57. The molecule has 0 bridgehead atoms. The maximum absolute atomic E-state index is 10.6. The molecule has 7 heteroatoms. The number of para-hydroxylation sites is 1. The van der Waals surface area contributed by atoms with E-state index in [-0.39, 0.29) is 11.2 Å². The maximum atomic E-state index is 10.6. The first-order valence-corrected chi connectivity index (χ1v) is 12.4. The molecule has 5 rings (SSSR count). The number of ether oxygens (including phenoxy) is 1. The van der Waals surface area contributed by atoms with Crippen molar-refractivity contribution in [2.45, 2.75) is 40.0 Å². The highest BCUT2D eigenvalue weighted by molar-refractivity contribution is 5.70. The van der Waals surface area contributed by atoms with Crippen LogP contribution >= 0.6 is 0 Å². The molecule has 0 aliphatic heterocycles. The van der Waals surface area contributed by atoms with E-state index >= 15 is 0 Å². The quantitative estimate of drug-likeness (QED) is 0.274. The van der Waals surface area contributed by atoms with Crippen LogP contribution in [0.2, 0.25) is 0 Å². The first-order valence-electron chi connectivity index (χ1n) is 12.4. The van der Waals surface area contributed by atoms with E-state index in [9.17, 15) is 5.11 Å². The Morgan fingerprint density at radius 1 is 0.684 bits per heavy atom. The molecule has 3 aromatic heterocycles. The van der Waals surface area contributed by atoms with Crippen LogP contribution in [0.1, 0.15) is 37.7 Å². The number of aromatic nitrogens is 5. The van der Waals surface area contributed by atoms with Crippen LogP contribution in [0.4, 0.5) is 0 Å². The number of rotatable bonds is 5. The van der Waals surface area contributed by atoms with Crippen LogP contribution in [-0.2, 0) is 5.41 Å². The van der Waals surface area contributed by atoms with E-state index < -0.39 is 0 Å². The molecule has 3 heterocycles. The van der Waals surface area contributed by atoms with Gasteiger partial charge in [0, 0.05) is 34.8 Å². The molecular formula is C31H29N5O2. The van der Waals surface area contributed by atoms with Gasteiger partial charge < -0.3 is 9.84 Å². The minimum Gasteiger partial charge on any atom is -0.507 e. The Hall–Kier alpha value is -4.65. The second-order valence-electron chi connectivity index (χ2n) is 10.2. The van der Waals surface area contributed by atoms with Crippen molar-refractivity contribution < 1.29 is 9.84 Å². The molecule has 7 nitrogen and oxygen atoms in total. The fourth-order valence-electron chi connectivity index (χ4n) is 4.13. The SMILES string of the molecule is Cc1cc(-c2nc(-c3cc(Oc4ccccn4)cc(C(C)(C)C)c3)nc(-c3ccccc3O)n2)cc(C)n1. The Labute approximate surface area is 222 Å². The van der Waals surface area contributed by atoms with Gasteiger partial charge >= 0.3 is 0 Å². The molecule has 1 N–H and O–H groups in total. The first-order chi connectivity index (χ1) is 18.2. The first kappa shape index (κ1) is 25.0. The second kappa shape index (κ2) is 10.0. The van der Waals surface area contributed by atoms with Crippen molar-refractivity contribution in [3.8, 4) is 51.5 Å². The summed E-state index contributed by atoms with van der Waals surface area (Å²) in [6.45, 7) is 10.3. The summed E-state index contributed by atoms with van der Waals surface area (Å²) in [6, 6.07) is 22.5. The van der Waals surface area contributed by atoms with Gasteiger partial charge in [-0.3, -0.25) is 4.98 Å². The maximum Gasteiger partial charge on any atom is 0.219 e. The smallest absolute Gasteiger partial charge is 0.219 e. The van der Waals surface area contributed by atoms with E-state index in [0.29, 0.717) is 34.7 Å². The van der Waals surface area contributed by atoms with E-state index in [4.69, 9.17) is 19.7 Å². The van der Waals surface area contributed by atoms with Crippen molar-refractivity contribution in [1.29, 1.82) is 0 Å². The van der Waals surface area contributed by atoms with Crippen molar-refractivity contribution in [3.05, 3.63) is 95.9 Å². The molecule has 190 valence electrons. The Morgan fingerprint density at radius 2 is 1.32 bits per heavy atom. The summed E-state index contributed by atoms with van der Waals surface area (Å²) < 4.78 is 6.13. The minimum atomic E-state index is -0.159. The zero-order valence-corrected chi connectivity index (χ0v) is 22.1. The number of nitrogens with zero attached hydrogens (tertiary/aromatic N) is 5. The Kier molecular flexibility index (Phi) is 6.59. The van der Waals surface area contributed by atoms with Crippen LogP contribution in [0.15, 0.2) is 79.0 Å². The lowest BCUT2D eigenvalue weighted by Gasteiger charge is -2.21. The summed E-state index contributed by atoms with van der Waals surface area (Å²) >= 11 is 0. The fraction of sp³-hybridized carbons (Fsp3) is 0.194. The molecule has 0 atom stereocenters. The molecule has 0 aliphatic carbocycles. The van der Waals surface area contributed by atoms with Crippen molar-refractivity contribution in [1.82, 2.24) is 24.9 Å². The largest absolute Gasteiger partial charge is 0.507 e. The van der Waals surface area contributed by atoms with Crippen molar-refractivity contribution in [3.63, 3.8) is 0 Å². The summed E-state index contributed by atoms with van der Waals surface area (Å²) in [4.78, 5) is 23.2. The second-order valence-corrected chi connectivity index (χ2v) is 10.2. The number of phenols is 1. The highest BCUT2D eigenvalue weighted by Crippen LogP contribution is 2.35. The summed E-state index contributed by atoms with van der Waals surface area (Å²) in [5, 5.41) is 10.6. The fourth-order valence-corrected chi connectivity index (χ4v) is 4.13. The number of benzene rings is 2. The lowest BCUT2D eigenvalue weighted by Crippen LogP contribution is -2.11. The molecule has 0 saturated heterocycles. The number of pyridine rings is 2. The lowest BCUT2D eigenvalue weighted by atomic mass is 9.86. The monoisotopic (exact) mass is 503 g/mol. The number of hydrogen-bond donors (Lipinski definition) is 1. The average molecular weight is 504 g/mol. The molecular weight excluding hydrogens is 474 g/mol. The van der Waals surface area contributed by atoms with Crippen LogP contribution in [0.25, 0.3) is 34.2 Å². The van der Waals surface area contributed by atoms with Gasteiger partial charge in [-0.2, -0.15) is 0 Å². The molecule has 5 aromatic rings. The molecule has 0 radical (unpaired) electrons. The number of aryl methyl sites for hydroxylation is 2. The van der Waals surface area contributed by atoms with Crippen molar-refractivity contribution in [2.24, 2.45) is 0 Å². The van der Waals surface area contributed by atoms with Crippen molar-refractivity contribution in [2.75, 3.05) is 0 Å². The molecule has 0 spiro atoms. The normalized spacial score (nSPS) is 11.4. The average Bonchev–Trinajstić information content (AvgIpc) is 2.88. The van der Waals surface area contributed by atoms with Crippen LogP contribution in [0.3, 0.4) is 0 Å². The number of phenolic OH excluding ortho intramolecular Hbond substituents is 1. The topological polar surface area (TPSA) is 93.9 Å². The van der Waals surface area contributed by atoms with E-state index in [0.717, 1.165) is 28.1 Å². The Bertz CT molecular complexity index is 1590. The molecule has 0 aliphatic rings. The highest BCUT2D eigenvalue weighted by Gasteiger charge is 2.20. The van der Waals surface area contributed by atoms with Gasteiger partial charge in [-0.05, 0) is 73.4 Å². The van der Waals surface area contributed by atoms with Crippen LogP contribution < -0.4 is 4.74 Å². The number of hydrogen-bond acceptors (Lipinski definition) is 7. The minimum absolute atomic E-state index is 0.0975. The molecule has 0 fully saturated rings. The molecule has 0 saturated carbocycles. The number of aromatic hydroxyl groups is 1. The van der Waals surface area contributed by atoms with E-state index in [2.05, 4.69) is 36.8 Å². The van der Waals surface area contributed by atoms with Gasteiger partial charge in [-0.25, -0.2) is 19.9 Å². The summed E-state index contributed by atoms with van der Waals surface area (Å²) in [7, 11) is 0. The summed E-state index contributed by atoms with van der Waals surface area (Å²) in [5.41, 5.74) is 4.75. The van der Waals surface area contributed by atoms with Gasteiger partial charge in [0.15, 0.2) is 17.5 Å². The van der Waals surface area contributed by atoms with Gasteiger partial charge in [0.1, 0.15) is 11.5 Å². The van der Waals surface area contributed by atoms with Crippen LogP contribution in [0.5, 0.6) is 17.4 Å². The standard InChI is InChI=1S/C31H29N5O2/c1-19-14-21(15-20(2)33-19)28-34-29(36-30(35-28)25-10-6-7-11-26(25)37)22-16-23(31(3,4)5)18-24(17-22)38-27-12-8-9-13-32-27/h6-18,37H,1-5H3. The van der Waals surface area contributed by atoms with E-state index in [1.165, 1.54) is 0 Å². The predicted molar refractivity (Wildman–Crippen MR) is 148 cm³/mol. The van der Waals surface area contributed by atoms with Gasteiger partial charge in [0.25, 0.3) is 0 Å². The summed E-state index contributed by atoms with van der Waals surface area (Å²) in [6.07, 6.45) is 1.69. The highest BCUT2D eigenvalue weighted by atomic mass is 16.5. The molecule has 0 amide bonds. The predicted octanol–water partition coefficient (Wildman–Crippen LogP) is 7.07. The van der Waals surface area contributed by atoms with Gasteiger partial charge in [-0.15, -0.1) is 0 Å². The molecule has 2 aromatic carbocycles. The van der Waals surface area contributed by atoms with Gasteiger partial charge in [0.05, 0.1) is 5.56 Å². The Balaban J connectivity index is 1.72. The Morgan fingerprint density at radius 3 is 1.95 bits per heavy atom. The van der Waals surface area contributed by atoms with E-state index in [1.54, 1.807) is 24.4 Å². The third kappa shape index (κ3) is 5.52. The lowest BCUT2D eigenvalue weighted by molar-refractivity contribution is 0.460. The molecule has 38 heavy (non-hydrogen) atoms. The van der Waals surface area contributed by atoms with Crippen molar-refractivity contribution >= 4 is 0 Å².